The van der Waals surface area contributed by atoms with Gasteiger partial charge in [0.2, 0.25) is 15.9 Å². The van der Waals surface area contributed by atoms with E-state index in [1.54, 1.807) is 23.1 Å². The SMILES string of the molecule is CNS(=O)(=O)c1cc(C=CC(=O)N2CCCNCC2)ccc1OC. The van der Waals surface area contributed by atoms with Crippen LogP contribution in [0.25, 0.3) is 6.08 Å². The molecule has 0 bridgehead atoms. The van der Waals surface area contributed by atoms with Crippen molar-refractivity contribution in [1.29, 1.82) is 0 Å². The second-order valence-corrected chi connectivity index (χ2v) is 7.23. The highest BCUT2D eigenvalue weighted by Gasteiger charge is 2.18. The molecule has 0 saturated carbocycles. The lowest BCUT2D eigenvalue weighted by Gasteiger charge is -2.17. The van der Waals surface area contributed by atoms with Crippen molar-refractivity contribution in [2.75, 3.05) is 40.3 Å². The number of carbonyl (C=O) groups is 1. The van der Waals surface area contributed by atoms with E-state index in [2.05, 4.69) is 10.0 Å². The molecule has 0 unspecified atom stereocenters. The van der Waals surface area contributed by atoms with Gasteiger partial charge in [-0.05, 0) is 43.8 Å². The van der Waals surface area contributed by atoms with E-state index in [1.807, 2.05) is 0 Å². The van der Waals surface area contributed by atoms with E-state index >= 15 is 0 Å². The van der Waals surface area contributed by atoms with Crippen molar-refractivity contribution >= 4 is 22.0 Å². The minimum Gasteiger partial charge on any atom is -0.495 e. The Morgan fingerprint density at radius 2 is 2.12 bits per heavy atom. The molecule has 7 nitrogen and oxygen atoms in total. The van der Waals surface area contributed by atoms with E-state index in [9.17, 15) is 13.2 Å². The van der Waals surface area contributed by atoms with Gasteiger partial charge in [-0.1, -0.05) is 6.07 Å². The lowest BCUT2D eigenvalue weighted by atomic mass is 10.2. The minimum atomic E-state index is -3.64. The fraction of sp³-hybridized carbons (Fsp3) is 0.438. The van der Waals surface area contributed by atoms with E-state index in [0.29, 0.717) is 12.1 Å². The average molecular weight is 353 g/mol. The van der Waals surface area contributed by atoms with Gasteiger partial charge in [-0.3, -0.25) is 4.79 Å². The molecule has 1 amide bonds. The standard InChI is InChI=1S/C16H23N3O4S/c1-17-24(21,22)15-12-13(4-6-14(15)23-2)5-7-16(20)19-10-3-8-18-9-11-19/h4-7,12,17-18H,3,8-11H2,1-2H3. The van der Waals surface area contributed by atoms with Gasteiger partial charge < -0.3 is 15.0 Å². The van der Waals surface area contributed by atoms with Crippen molar-refractivity contribution in [1.82, 2.24) is 14.9 Å². The average Bonchev–Trinajstić information content (AvgIpc) is 2.88. The number of hydrogen-bond donors (Lipinski definition) is 2. The normalized spacial score (nSPS) is 16.2. The van der Waals surface area contributed by atoms with Crippen LogP contribution < -0.4 is 14.8 Å². The molecule has 0 radical (unpaired) electrons. The minimum absolute atomic E-state index is 0.0427. The third-order valence-corrected chi connectivity index (χ3v) is 5.25. The number of ether oxygens (including phenoxy) is 1. The summed E-state index contributed by atoms with van der Waals surface area (Å²) >= 11 is 0. The summed E-state index contributed by atoms with van der Waals surface area (Å²) in [4.78, 5) is 14.1. The molecule has 2 N–H and O–H groups in total. The maximum atomic E-state index is 12.2. The first-order valence-corrected chi connectivity index (χ1v) is 9.25. The highest BCUT2D eigenvalue weighted by atomic mass is 32.2. The fourth-order valence-corrected chi connectivity index (χ4v) is 3.38. The molecule has 0 atom stereocenters. The van der Waals surface area contributed by atoms with Gasteiger partial charge in [-0.25, -0.2) is 13.1 Å². The topological polar surface area (TPSA) is 87.7 Å². The molecular weight excluding hydrogens is 330 g/mol. The Balaban J connectivity index is 2.20. The van der Waals surface area contributed by atoms with Crippen LogP contribution in [0.4, 0.5) is 0 Å². The predicted molar refractivity (Wildman–Crippen MR) is 92.3 cm³/mol. The van der Waals surface area contributed by atoms with Gasteiger partial charge in [0, 0.05) is 25.7 Å². The summed E-state index contributed by atoms with van der Waals surface area (Å²) in [5.74, 6) is 0.180. The zero-order valence-corrected chi connectivity index (χ0v) is 14.7. The Labute approximate surface area is 142 Å². The van der Waals surface area contributed by atoms with Crippen molar-refractivity contribution in [3.05, 3.63) is 29.8 Å². The number of nitrogens with zero attached hydrogens (tertiary/aromatic N) is 1. The van der Waals surface area contributed by atoms with Crippen molar-refractivity contribution < 1.29 is 17.9 Å². The number of methoxy groups -OCH3 is 1. The van der Waals surface area contributed by atoms with Crippen LogP contribution in [0, 0.1) is 0 Å². The zero-order chi connectivity index (χ0) is 17.6. The van der Waals surface area contributed by atoms with E-state index < -0.39 is 10.0 Å². The summed E-state index contributed by atoms with van der Waals surface area (Å²) in [6, 6.07) is 4.77. The van der Waals surface area contributed by atoms with Crippen LogP contribution >= 0.6 is 0 Å². The number of nitrogens with one attached hydrogen (secondary N) is 2. The van der Waals surface area contributed by atoms with E-state index in [0.717, 1.165) is 26.1 Å². The molecule has 0 aliphatic carbocycles. The molecule has 0 aromatic heterocycles. The smallest absolute Gasteiger partial charge is 0.246 e. The van der Waals surface area contributed by atoms with Gasteiger partial charge in [0.05, 0.1) is 7.11 Å². The van der Waals surface area contributed by atoms with E-state index in [4.69, 9.17) is 4.74 Å². The Kier molecular flexibility index (Phi) is 6.36. The maximum Gasteiger partial charge on any atom is 0.246 e. The highest BCUT2D eigenvalue weighted by molar-refractivity contribution is 7.89. The van der Waals surface area contributed by atoms with Crippen molar-refractivity contribution in [3.8, 4) is 5.75 Å². The van der Waals surface area contributed by atoms with Crippen LogP contribution in [0.2, 0.25) is 0 Å². The number of sulfonamides is 1. The van der Waals surface area contributed by atoms with Crippen LogP contribution in [-0.4, -0.2) is 59.6 Å². The highest BCUT2D eigenvalue weighted by Crippen LogP contribution is 2.25. The number of hydrogen-bond acceptors (Lipinski definition) is 5. The van der Waals surface area contributed by atoms with Gasteiger partial charge in [-0.15, -0.1) is 0 Å². The fourth-order valence-electron chi connectivity index (χ4n) is 2.46. The van der Waals surface area contributed by atoms with Gasteiger partial charge in [0.15, 0.2) is 0 Å². The van der Waals surface area contributed by atoms with Crippen LogP contribution in [0.3, 0.4) is 0 Å². The number of rotatable bonds is 5. The molecule has 1 aromatic carbocycles. The summed E-state index contributed by atoms with van der Waals surface area (Å²) in [5, 5.41) is 3.24. The van der Waals surface area contributed by atoms with E-state index in [1.165, 1.54) is 26.3 Å². The molecule has 132 valence electrons. The van der Waals surface area contributed by atoms with Gasteiger partial charge in [0.1, 0.15) is 10.6 Å². The van der Waals surface area contributed by atoms with Crippen molar-refractivity contribution in [2.45, 2.75) is 11.3 Å². The number of benzene rings is 1. The monoisotopic (exact) mass is 353 g/mol. The third kappa shape index (κ3) is 4.56. The summed E-state index contributed by atoms with van der Waals surface area (Å²) in [5.41, 5.74) is 0.617. The second-order valence-electron chi connectivity index (χ2n) is 5.38. The van der Waals surface area contributed by atoms with Crippen LogP contribution in [0.15, 0.2) is 29.2 Å². The largest absolute Gasteiger partial charge is 0.495 e. The van der Waals surface area contributed by atoms with Crippen LogP contribution in [0.5, 0.6) is 5.75 Å². The number of carbonyl (C=O) groups excluding carboxylic acids is 1. The van der Waals surface area contributed by atoms with Gasteiger partial charge in [0.25, 0.3) is 0 Å². The Hall–Kier alpha value is -1.90. The molecule has 1 fully saturated rings. The van der Waals surface area contributed by atoms with Gasteiger partial charge >= 0.3 is 0 Å². The molecule has 1 aromatic rings. The Morgan fingerprint density at radius 3 is 2.83 bits per heavy atom. The van der Waals surface area contributed by atoms with Gasteiger partial charge in [-0.2, -0.15) is 0 Å². The first kappa shape index (κ1) is 18.4. The van der Waals surface area contributed by atoms with Crippen LogP contribution in [-0.2, 0) is 14.8 Å². The molecular formula is C16H23N3O4S. The number of amides is 1. The molecule has 8 heteroatoms. The molecule has 1 saturated heterocycles. The molecule has 1 aliphatic rings. The molecule has 0 spiro atoms. The quantitative estimate of drug-likeness (QED) is 0.750. The molecule has 1 heterocycles. The summed E-state index contributed by atoms with van der Waals surface area (Å²) < 4.78 is 31.5. The zero-order valence-electron chi connectivity index (χ0n) is 13.9. The summed E-state index contributed by atoms with van der Waals surface area (Å²) in [6.07, 6.45) is 4.02. The van der Waals surface area contributed by atoms with Crippen LogP contribution in [0.1, 0.15) is 12.0 Å². The molecule has 2 rings (SSSR count). The second kappa shape index (κ2) is 8.27. The lowest BCUT2D eigenvalue weighted by molar-refractivity contribution is -0.125. The maximum absolute atomic E-state index is 12.2. The van der Waals surface area contributed by atoms with E-state index in [-0.39, 0.29) is 16.6 Å². The lowest BCUT2D eigenvalue weighted by Crippen LogP contribution is -2.32. The predicted octanol–water partition coefficient (Wildman–Crippen LogP) is 0.438. The molecule has 1 aliphatic heterocycles. The first-order chi connectivity index (χ1) is 11.5. The molecule has 24 heavy (non-hydrogen) atoms. The first-order valence-electron chi connectivity index (χ1n) is 7.77. The van der Waals surface area contributed by atoms with Crippen molar-refractivity contribution in [2.24, 2.45) is 0 Å². The third-order valence-electron chi connectivity index (χ3n) is 3.82. The Morgan fingerprint density at radius 1 is 1.33 bits per heavy atom. The summed E-state index contributed by atoms with van der Waals surface area (Å²) in [6.45, 7) is 3.09. The Bertz CT molecular complexity index is 708. The van der Waals surface area contributed by atoms with Crippen molar-refractivity contribution in [3.63, 3.8) is 0 Å². The summed E-state index contributed by atoms with van der Waals surface area (Å²) in [7, 11) is -0.885.